The summed E-state index contributed by atoms with van der Waals surface area (Å²) in [6, 6.07) is 8.80. The van der Waals surface area contributed by atoms with Crippen LogP contribution in [0.15, 0.2) is 47.1 Å². The van der Waals surface area contributed by atoms with E-state index in [1.165, 1.54) is 28.8 Å². The van der Waals surface area contributed by atoms with Gasteiger partial charge in [0.25, 0.3) is 0 Å². The van der Waals surface area contributed by atoms with Gasteiger partial charge in [-0.2, -0.15) is 0 Å². The number of hydrogen-bond acceptors (Lipinski definition) is 3. The lowest BCUT2D eigenvalue weighted by atomic mass is 9.54. The van der Waals surface area contributed by atoms with Crippen LogP contribution in [-0.4, -0.2) is 25.7 Å². The maximum absolute atomic E-state index is 12.6. The molecule has 3 nitrogen and oxygen atoms in total. The molecule has 31 heavy (non-hydrogen) atoms. The van der Waals surface area contributed by atoms with E-state index in [9.17, 15) is 9.59 Å². The standard InChI is InChI=1S/C28H35NO2/c1-17(30)25-11-12-26-22-10-7-19-15-21(31)16-24(18-5-8-20(9-6-18)29(3)4)27(19)23(22)13-14-28(25,26)2/h5-6,8-9,15,22,24-26H,7,10-14,16H2,1-4H3/t22-,24+,25-,26+,28-/m1/s1. The summed E-state index contributed by atoms with van der Waals surface area (Å²) in [6.07, 6.45) is 9.15. The van der Waals surface area contributed by atoms with E-state index in [1.54, 1.807) is 12.5 Å². The minimum atomic E-state index is 0.162. The molecule has 2 fully saturated rings. The Morgan fingerprint density at radius 2 is 1.81 bits per heavy atom. The van der Waals surface area contributed by atoms with Gasteiger partial charge in [0.2, 0.25) is 0 Å². The first-order chi connectivity index (χ1) is 14.8. The minimum Gasteiger partial charge on any atom is -0.378 e. The highest BCUT2D eigenvalue weighted by Crippen LogP contribution is 2.63. The predicted octanol–water partition coefficient (Wildman–Crippen LogP) is 5.86. The van der Waals surface area contributed by atoms with Crippen molar-refractivity contribution in [1.82, 2.24) is 0 Å². The van der Waals surface area contributed by atoms with E-state index in [2.05, 4.69) is 50.2 Å². The summed E-state index contributed by atoms with van der Waals surface area (Å²) in [5.74, 6) is 2.30. The fourth-order valence-corrected chi connectivity index (χ4v) is 7.59. The van der Waals surface area contributed by atoms with Crippen molar-refractivity contribution in [2.24, 2.45) is 23.2 Å². The highest BCUT2D eigenvalue weighted by molar-refractivity contribution is 5.94. The highest BCUT2D eigenvalue weighted by Gasteiger charge is 2.55. The average Bonchev–Trinajstić information content (AvgIpc) is 3.10. The van der Waals surface area contributed by atoms with Crippen molar-refractivity contribution in [3.63, 3.8) is 0 Å². The van der Waals surface area contributed by atoms with Crippen LogP contribution in [0.25, 0.3) is 0 Å². The lowest BCUT2D eigenvalue weighted by Crippen LogP contribution is -2.42. The van der Waals surface area contributed by atoms with Gasteiger partial charge in [0.1, 0.15) is 5.78 Å². The third-order valence-corrected chi connectivity index (χ3v) is 9.08. The molecule has 5 atom stereocenters. The van der Waals surface area contributed by atoms with Crippen LogP contribution in [0, 0.1) is 23.2 Å². The summed E-state index contributed by atoms with van der Waals surface area (Å²) >= 11 is 0. The predicted molar refractivity (Wildman–Crippen MR) is 125 cm³/mol. The van der Waals surface area contributed by atoms with Crippen LogP contribution in [0.5, 0.6) is 0 Å². The normalized spacial score (nSPS) is 34.6. The fourth-order valence-electron chi connectivity index (χ4n) is 7.59. The summed E-state index contributed by atoms with van der Waals surface area (Å²) in [5, 5.41) is 0. The molecular formula is C28H35NO2. The van der Waals surface area contributed by atoms with Crippen LogP contribution in [0.3, 0.4) is 0 Å². The summed E-state index contributed by atoms with van der Waals surface area (Å²) in [5.41, 5.74) is 7.04. The zero-order valence-corrected chi connectivity index (χ0v) is 19.4. The van der Waals surface area contributed by atoms with Crippen molar-refractivity contribution < 1.29 is 9.59 Å². The smallest absolute Gasteiger partial charge is 0.156 e. The van der Waals surface area contributed by atoms with Crippen molar-refractivity contribution >= 4 is 17.3 Å². The molecule has 0 amide bonds. The Hall–Kier alpha value is -2.16. The second-order valence-electron chi connectivity index (χ2n) is 10.8. The highest BCUT2D eigenvalue weighted by atomic mass is 16.1. The number of Topliss-reactive ketones (excluding diaryl/α,β-unsaturated/α-hetero) is 1. The molecule has 1 aromatic rings. The molecule has 3 heteroatoms. The Bertz CT molecular complexity index is 983. The number of hydrogen-bond donors (Lipinski definition) is 0. The van der Waals surface area contributed by atoms with Crippen LogP contribution in [0.1, 0.15) is 70.3 Å². The topological polar surface area (TPSA) is 37.4 Å². The van der Waals surface area contributed by atoms with Crippen molar-refractivity contribution in [2.45, 2.75) is 64.7 Å². The Labute approximate surface area is 186 Å². The first-order valence-electron chi connectivity index (χ1n) is 12.0. The van der Waals surface area contributed by atoms with Gasteiger partial charge in [-0.15, -0.1) is 0 Å². The van der Waals surface area contributed by atoms with Gasteiger partial charge in [-0.05, 0) is 97.6 Å². The van der Waals surface area contributed by atoms with Gasteiger partial charge < -0.3 is 4.90 Å². The fraction of sp³-hybridized carbons (Fsp3) is 0.571. The van der Waals surface area contributed by atoms with Crippen LogP contribution in [0.2, 0.25) is 0 Å². The molecular weight excluding hydrogens is 382 g/mol. The molecule has 0 bridgehead atoms. The Morgan fingerprint density at radius 3 is 2.48 bits per heavy atom. The summed E-state index contributed by atoms with van der Waals surface area (Å²) < 4.78 is 0. The molecule has 4 aliphatic carbocycles. The first-order valence-corrected chi connectivity index (χ1v) is 12.0. The Balaban J connectivity index is 1.56. The maximum atomic E-state index is 12.6. The number of carbonyl (C=O) groups is 2. The van der Waals surface area contributed by atoms with Crippen LogP contribution >= 0.6 is 0 Å². The van der Waals surface area contributed by atoms with E-state index in [0.29, 0.717) is 24.0 Å². The largest absolute Gasteiger partial charge is 0.378 e. The van der Waals surface area contributed by atoms with Crippen LogP contribution < -0.4 is 4.90 Å². The number of allylic oxidation sites excluding steroid dienone is 4. The number of carbonyl (C=O) groups excluding carboxylic acids is 2. The zero-order valence-electron chi connectivity index (χ0n) is 19.4. The van der Waals surface area contributed by atoms with Gasteiger partial charge in [-0.25, -0.2) is 0 Å². The van der Waals surface area contributed by atoms with E-state index in [4.69, 9.17) is 0 Å². The number of fused-ring (bicyclic) bond motifs is 4. The van der Waals surface area contributed by atoms with E-state index < -0.39 is 0 Å². The molecule has 4 aliphatic rings. The number of benzene rings is 1. The second kappa shape index (κ2) is 7.46. The number of ketones is 2. The van der Waals surface area contributed by atoms with Gasteiger partial charge in [-0.3, -0.25) is 9.59 Å². The summed E-state index contributed by atoms with van der Waals surface area (Å²) in [6.45, 7) is 4.19. The van der Waals surface area contributed by atoms with Gasteiger partial charge >= 0.3 is 0 Å². The van der Waals surface area contributed by atoms with E-state index in [1.807, 2.05) is 6.08 Å². The summed E-state index contributed by atoms with van der Waals surface area (Å²) in [4.78, 5) is 27.1. The Kier molecular flexibility index (Phi) is 4.99. The van der Waals surface area contributed by atoms with E-state index in [-0.39, 0.29) is 23.0 Å². The first kappa shape index (κ1) is 20.7. The lowest BCUT2D eigenvalue weighted by Gasteiger charge is -2.49. The number of rotatable bonds is 3. The molecule has 1 aromatic carbocycles. The third-order valence-electron chi connectivity index (χ3n) is 9.08. The molecule has 0 aliphatic heterocycles. The molecule has 0 unspecified atom stereocenters. The van der Waals surface area contributed by atoms with Gasteiger partial charge in [0.05, 0.1) is 0 Å². The monoisotopic (exact) mass is 417 g/mol. The quantitative estimate of drug-likeness (QED) is 0.618. The van der Waals surface area contributed by atoms with E-state index in [0.717, 1.165) is 32.1 Å². The van der Waals surface area contributed by atoms with Crippen LogP contribution in [-0.2, 0) is 9.59 Å². The molecule has 0 heterocycles. The van der Waals surface area contributed by atoms with Crippen molar-refractivity contribution in [2.75, 3.05) is 19.0 Å². The third kappa shape index (κ3) is 3.23. The lowest BCUT2D eigenvalue weighted by molar-refractivity contribution is -0.125. The molecule has 164 valence electrons. The van der Waals surface area contributed by atoms with Crippen molar-refractivity contribution in [3.8, 4) is 0 Å². The zero-order chi connectivity index (χ0) is 21.9. The van der Waals surface area contributed by atoms with Gasteiger partial charge in [-0.1, -0.05) is 24.6 Å². The maximum Gasteiger partial charge on any atom is 0.156 e. The molecule has 5 rings (SSSR count). The molecule has 2 saturated carbocycles. The molecule has 0 aromatic heterocycles. The minimum absolute atomic E-state index is 0.162. The van der Waals surface area contributed by atoms with Crippen LogP contribution in [0.4, 0.5) is 5.69 Å². The molecule has 0 spiro atoms. The summed E-state index contributed by atoms with van der Waals surface area (Å²) in [7, 11) is 4.12. The SMILES string of the molecule is CC(=O)[C@H]1CC[C@H]2[C@@H]3CCC4=CC(=O)C[C@@H](c5ccc(N(C)C)cc5)C4=C3CC[C@]12C. The van der Waals surface area contributed by atoms with Gasteiger partial charge in [0.15, 0.2) is 5.78 Å². The van der Waals surface area contributed by atoms with Crippen molar-refractivity contribution in [3.05, 3.63) is 52.6 Å². The second-order valence-corrected chi connectivity index (χ2v) is 10.8. The van der Waals surface area contributed by atoms with Crippen molar-refractivity contribution in [1.29, 1.82) is 0 Å². The molecule has 0 saturated heterocycles. The van der Waals surface area contributed by atoms with E-state index >= 15 is 0 Å². The average molecular weight is 418 g/mol. The Morgan fingerprint density at radius 1 is 1.06 bits per heavy atom. The molecule has 0 N–H and O–H groups in total. The number of anilines is 1. The molecule has 0 radical (unpaired) electrons. The number of nitrogens with zero attached hydrogens (tertiary/aromatic N) is 1. The van der Waals surface area contributed by atoms with Gasteiger partial charge in [0, 0.05) is 38.0 Å².